The van der Waals surface area contributed by atoms with Crippen molar-refractivity contribution in [3.05, 3.63) is 54.0 Å². The third-order valence-corrected chi connectivity index (χ3v) is 4.54. The number of likely N-dealkylation sites (tertiary alicyclic amines) is 1. The Kier molecular flexibility index (Phi) is 5.95. The summed E-state index contributed by atoms with van der Waals surface area (Å²) in [6, 6.07) is 10.6. The molecule has 0 aliphatic carbocycles. The number of hydrogen-bond acceptors (Lipinski definition) is 5. The van der Waals surface area contributed by atoms with Gasteiger partial charge in [0, 0.05) is 19.6 Å². The van der Waals surface area contributed by atoms with Gasteiger partial charge in [0.15, 0.2) is 5.69 Å². The molecule has 1 atom stereocenters. The third-order valence-electron chi connectivity index (χ3n) is 4.54. The molecule has 132 valence electrons. The summed E-state index contributed by atoms with van der Waals surface area (Å²) in [7, 11) is 0. The van der Waals surface area contributed by atoms with Gasteiger partial charge in [0.1, 0.15) is 5.82 Å². The van der Waals surface area contributed by atoms with Gasteiger partial charge in [0.2, 0.25) is 0 Å². The molecule has 6 nitrogen and oxygen atoms in total. The summed E-state index contributed by atoms with van der Waals surface area (Å²) in [5.74, 6) is 0.121. The van der Waals surface area contributed by atoms with Crippen molar-refractivity contribution in [3.8, 4) is 0 Å². The van der Waals surface area contributed by atoms with E-state index in [1.807, 2.05) is 0 Å². The molecule has 1 aliphatic heterocycles. The number of nitrogens with one attached hydrogen (secondary N) is 1. The molecule has 0 bridgehead atoms. The van der Waals surface area contributed by atoms with Crippen LogP contribution in [0.15, 0.2) is 42.7 Å². The second-order valence-corrected chi connectivity index (χ2v) is 6.56. The van der Waals surface area contributed by atoms with Gasteiger partial charge in [-0.3, -0.25) is 4.90 Å². The van der Waals surface area contributed by atoms with Crippen molar-refractivity contribution in [3.63, 3.8) is 0 Å². The number of anilines is 1. The lowest BCUT2D eigenvalue weighted by atomic mass is 10.0. The Morgan fingerprint density at radius 3 is 2.76 bits per heavy atom. The molecule has 1 aliphatic rings. The molecule has 2 aromatic rings. The summed E-state index contributed by atoms with van der Waals surface area (Å²) in [6.07, 6.45) is 6.44. The minimum Gasteiger partial charge on any atom is -0.476 e. The second-order valence-electron chi connectivity index (χ2n) is 6.56. The number of rotatable bonds is 6. The lowest BCUT2D eigenvalue weighted by molar-refractivity contribution is 0.0690. The van der Waals surface area contributed by atoms with E-state index in [2.05, 4.69) is 50.5 Å². The van der Waals surface area contributed by atoms with Gasteiger partial charge in [-0.1, -0.05) is 36.8 Å². The maximum absolute atomic E-state index is 10.8. The van der Waals surface area contributed by atoms with Crippen LogP contribution < -0.4 is 5.32 Å². The average molecular weight is 340 g/mol. The summed E-state index contributed by atoms with van der Waals surface area (Å²) < 4.78 is 0. The van der Waals surface area contributed by atoms with Crippen molar-refractivity contribution in [2.75, 3.05) is 25.0 Å². The van der Waals surface area contributed by atoms with E-state index in [4.69, 9.17) is 5.11 Å². The van der Waals surface area contributed by atoms with E-state index < -0.39 is 5.97 Å². The Morgan fingerprint density at radius 1 is 1.20 bits per heavy atom. The molecule has 1 saturated heterocycles. The number of carboxylic acids is 1. The molecule has 6 heteroatoms. The first-order valence-corrected chi connectivity index (χ1v) is 8.76. The maximum atomic E-state index is 10.8. The molecule has 0 saturated carbocycles. The van der Waals surface area contributed by atoms with Gasteiger partial charge in [-0.05, 0) is 30.9 Å². The normalized spacial score (nSPS) is 18.5. The van der Waals surface area contributed by atoms with E-state index >= 15 is 0 Å². The van der Waals surface area contributed by atoms with Crippen LogP contribution in [-0.2, 0) is 6.54 Å². The maximum Gasteiger partial charge on any atom is 0.356 e. The Morgan fingerprint density at radius 2 is 2.04 bits per heavy atom. The van der Waals surface area contributed by atoms with Gasteiger partial charge < -0.3 is 10.4 Å². The van der Waals surface area contributed by atoms with Crippen LogP contribution in [0.25, 0.3) is 0 Å². The number of carboxylic acid groups (broad SMARTS) is 1. The number of benzene rings is 1. The van der Waals surface area contributed by atoms with E-state index in [-0.39, 0.29) is 5.69 Å². The Balaban J connectivity index is 1.53. The first-order chi connectivity index (χ1) is 12.2. The molecule has 1 fully saturated rings. The molecule has 2 heterocycles. The summed E-state index contributed by atoms with van der Waals surface area (Å²) in [4.78, 5) is 21.4. The predicted molar refractivity (Wildman–Crippen MR) is 96.5 cm³/mol. The predicted octanol–water partition coefficient (Wildman–Crippen LogP) is 2.89. The Hall–Kier alpha value is -2.47. The molecule has 1 aromatic heterocycles. The highest BCUT2D eigenvalue weighted by Crippen LogP contribution is 2.19. The molecule has 2 N–H and O–H groups in total. The highest BCUT2D eigenvalue weighted by Gasteiger charge is 2.18. The van der Waals surface area contributed by atoms with Crippen LogP contribution in [0.1, 0.15) is 35.3 Å². The zero-order chi connectivity index (χ0) is 17.5. The molecule has 1 aromatic carbocycles. The van der Waals surface area contributed by atoms with Crippen LogP contribution in [0, 0.1) is 5.92 Å². The van der Waals surface area contributed by atoms with Crippen LogP contribution in [0.3, 0.4) is 0 Å². The SMILES string of the molecule is O=C(O)c1cnc(NCC2CCCCN(Cc3ccccc3)C2)cn1. The van der Waals surface area contributed by atoms with Gasteiger partial charge in [-0.15, -0.1) is 0 Å². The van der Waals surface area contributed by atoms with Gasteiger partial charge >= 0.3 is 5.97 Å². The van der Waals surface area contributed by atoms with Crippen LogP contribution in [0.5, 0.6) is 0 Å². The Labute approximate surface area is 147 Å². The van der Waals surface area contributed by atoms with Gasteiger partial charge in [-0.2, -0.15) is 0 Å². The van der Waals surface area contributed by atoms with Gasteiger partial charge in [-0.25, -0.2) is 14.8 Å². The van der Waals surface area contributed by atoms with E-state index in [1.54, 1.807) is 0 Å². The number of nitrogens with zero attached hydrogens (tertiary/aromatic N) is 3. The fourth-order valence-corrected chi connectivity index (χ4v) is 3.25. The lowest BCUT2D eigenvalue weighted by Crippen LogP contribution is -2.31. The highest BCUT2D eigenvalue weighted by atomic mass is 16.4. The van der Waals surface area contributed by atoms with Crippen LogP contribution >= 0.6 is 0 Å². The summed E-state index contributed by atoms with van der Waals surface area (Å²) in [5, 5.41) is 12.2. The summed E-state index contributed by atoms with van der Waals surface area (Å²) >= 11 is 0. The minimum absolute atomic E-state index is 0.0333. The number of aromatic nitrogens is 2. The summed E-state index contributed by atoms with van der Waals surface area (Å²) in [5.41, 5.74) is 1.32. The molecule has 25 heavy (non-hydrogen) atoms. The topological polar surface area (TPSA) is 78.3 Å². The summed E-state index contributed by atoms with van der Waals surface area (Å²) in [6.45, 7) is 4.01. The minimum atomic E-state index is -1.06. The first kappa shape index (κ1) is 17.4. The zero-order valence-corrected chi connectivity index (χ0v) is 14.3. The van der Waals surface area contributed by atoms with Crippen LogP contribution in [0.4, 0.5) is 5.82 Å². The third kappa shape index (κ3) is 5.26. The molecular weight excluding hydrogens is 316 g/mol. The van der Waals surface area contributed by atoms with Crippen molar-refractivity contribution in [2.24, 2.45) is 5.92 Å². The van der Waals surface area contributed by atoms with E-state index in [1.165, 1.54) is 37.2 Å². The zero-order valence-electron chi connectivity index (χ0n) is 14.3. The van der Waals surface area contributed by atoms with Crippen molar-refractivity contribution in [2.45, 2.75) is 25.8 Å². The first-order valence-electron chi connectivity index (χ1n) is 8.76. The molecule has 0 radical (unpaired) electrons. The number of hydrogen-bond donors (Lipinski definition) is 2. The monoisotopic (exact) mass is 340 g/mol. The number of carbonyl (C=O) groups is 1. The molecule has 0 amide bonds. The molecular formula is C19H24N4O2. The van der Waals surface area contributed by atoms with Crippen molar-refractivity contribution >= 4 is 11.8 Å². The standard InChI is InChI=1S/C19H24N4O2/c24-19(25)17-11-22-18(12-20-17)21-10-16-8-4-5-9-23(14-16)13-15-6-2-1-3-7-15/h1-3,6-7,11-12,16H,4-5,8-10,13-14H2,(H,21,22)(H,24,25). The van der Waals surface area contributed by atoms with E-state index in [0.717, 1.165) is 26.2 Å². The van der Waals surface area contributed by atoms with Gasteiger partial charge in [0.25, 0.3) is 0 Å². The lowest BCUT2D eigenvalue weighted by Gasteiger charge is -2.24. The quantitative estimate of drug-likeness (QED) is 0.842. The fourth-order valence-electron chi connectivity index (χ4n) is 3.25. The van der Waals surface area contributed by atoms with Crippen molar-refractivity contribution in [1.29, 1.82) is 0 Å². The highest BCUT2D eigenvalue weighted by molar-refractivity contribution is 5.84. The van der Waals surface area contributed by atoms with Gasteiger partial charge in [0.05, 0.1) is 12.4 Å². The van der Waals surface area contributed by atoms with E-state index in [0.29, 0.717) is 11.7 Å². The Bertz CT molecular complexity index is 676. The van der Waals surface area contributed by atoms with Crippen molar-refractivity contribution < 1.29 is 9.90 Å². The van der Waals surface area contributed by atoms with E-state index in [9.17, 15) is 4.79 Å². The number of aromatic carboxylic acids is 1. The fraction of sp³-hybridized carbons (Fsp3) is 0.421. The largest absolute Gasteiger partial charge is 0.476 e. The van der Waals surface area contributed by atoms with Crippen LogP contribution in [-0.4, -0.2) is 45.6 Å². The second kappa shape index (κ2) is 8.58. The van der Waals surface area contributed by atoms with Crippen molar-refractivity contribution in [1.82, 2.24) is 14.9 Å². The van der Waals surface area contributed by atoms with Crippen LogP contribution in [0.2, 0.25) is 0 Å². The smallest absolute Gasteiger partial charge is 0.356 e. The molecule has 1 unspecified atom stereocenters. The molecule has 3 rings (SSSR count). The average Bonchev–Trinajstić information content (AvgIpc) is 2.86. The molecule has 0 spiro atoms.